The average Bonchev–Trinajstić information content (AvgIpc) is 2.54. The van der Waals surface area contributed by atoms with E-state index in [4.69, 9.17) is 16.3 Å². The second kappa shape index (κ2) is 7.72. The van der Waals surface area contributed by atoms with Crippen LogP contribution in [0.4, 0.5) is 18.9 Å². The van der Waals surface area contributed by atoms with Gasteiger partial charge in [-0.25, -0.2) is 0 Å². The van der Waals surface area contributed by atoms with Crippen molar-refractivity contribution in [1.29, 1.82) is 0 Å². The number of carbonyl (C=O) groups is 1. The molecule has 0 N–H and O–H groups in total. The molecule has 0 saturated carbocycles. The first-order chi connectivity index (χ1) is 12.5. The number of nitro groups is 1. The summed E-state index contributed by atoms with van der Waals surface area (Å²) in [6.07, 6.45) is -4.62. The van der Waals surface area contributed by atoms with Gasteiger partial charge in [0.25, 0.3) is 11.6 Å². The quantitative estimate of drug-likeness (QED) is 0.536. The smallest absolute Gasteiger partial charge is 0.416 e. The van der Waals surface area contributed by atoms with Crippen LogP contribution in [0.1, 0.15) is 15.9 Å². The zero-order valence-corrected chi connectivity index (χ0v) is 14.3. The fraction of sp³-hybridized carbons (Fsp3) is 0.0714. The molecule has 0 spiro atoms. The average molecular weight is 423 g/mol. The molecule has 27 heavy (non-hydrogen) atoms. The van der Waals surface area contributed by atoms with Crippen LogP contribution in [0.25, 0.3) is 0 Å². The Morgan fingerprint density at radius 3 is 2.37 bits per heavy atom. The third-order valence-electron chi connectivity index (χ3n) is 3.04. The zero-order chi connectivity index (χ0) is 20.4. The molecule has 0 unspecified atom stereocenters. The van der Waals surface area contributed by atoms with E-state index in [0.29, 0.717) is 12.1 Å². The van der Waals surface area contributed by atoms with Crippen LogP contribution < -0.4 is 4.74 Å². The summed E-state index contributed by atoms with van der Waals surface area (Å²) in [5, 5.41) is 10.6. The molecular formula is C14H6ClF3N2O6S. The lowest BCUT2D eigenvalue weighted by Gasteiger charge is -2.11. The van der Waals surface area contributed by atoms with Crippen molar-refractivity contribution in [2.45, 2.75) is 6.18 Å². The van der Waals surface area contributed by atoms with Crippen molar-refractivity contribution in [3.05, 3.63) is 62.7 Å². The molecule has 2 aromatic carbocycles. The number of nitrogens with zero attached hydrogens (tertiary/aromatic N) is 2. The van der Waals surface area contributed by atoms with Crippen LogP contribution in [0.2, 0.25) is 5.02 Å². The van der Waals surface area contributed by atoms with E-state index in [2.05, 4.69) is 4.36 Å². The van der Waals surface area contributed by atoms with Crippen molar-refractivity contribution in [1.82, 2.24) is 0 Å². The molecule has 142 valence electrons. The number of hydrogen-bond acceptors (Lipinski definition) is 6. The third kappa shape index (κ3) is 5.01. The van der Waals surface area contributed by atoms with Crippen molar-refractivity contribution in [2.75, 3.05) is 0 Å². The number of nitro benzene ring substituents is 1. The van der Waals surface area contributed by atoms with Gasteiger partial charge in [0.15, 0.2) is 0 Å². The Bertz CT molecular complexity index is 1060. The van der Waals surface area contributed by atoms with Gasteiger partial charge in [-0.1, -0.05) is 16.0 Å². The van der Waals surface area contributed by atoms with E-state index in [1.54, 1.807) is 0 Å². The Morgan fingerprint density at radius 2 is 1.85 bits per heavy atom. The molecule has 2 rings (SSSR count). The molecule has 0 aromatic heterocycles. The fourth-order valence-corrected chi connectivity index (χ4v) is 2.37. The number of alkyl halides is 3. The first-order valence-electron chi connectivity index (χ1n) is 6.67. The third-order valence-corrected chi connectivity index (χ3v) is 3.65. The van der Waals surface area contributed by atoms with Crippen molar-refractivity contribution >= 4 is 33.7 Å². The van der Waals surface area contributed by atoms with Crippen LogP contribution in [-0.4, -0.2) is 19.2 Å². The van der Waals surface area contributed by atoms with E-state index >= 15 is 0 Å². The summed E-state index contributed by atoms with van der Waals surface area (Å²) in [7, 11) is -3.14. The Morgan fingerprint density at radius 1 is 1.19 bits per heavy atom. The lowest BCUT2D eigenvalue weighted by molar-refractivity contribution is -0.385. The number of carbonyl (C=O) groups excluding carboxylic acids is 1. The van der Waals surface area contributed by atoms with Gasteiger partial charge in [-0.15, -0.1) is 0 Å². The zero-order valence-electron chi connectivity index (χ0n) is 12.7. The van der Waals surface area contributed by atoms with Crippen molar-refractivity contribution in [3.8, 4) is 11.5 Å². The molecule has 2 aromatic rings. The normalized spacial score (nSPS) is 11.0. The van der Waals surface area contributed by atoms with Crippen molar-refractivity contribution in [3.63, 3.8) is 0 Å². The van der Waals surface area contributed by atoms with E-state index in [0.717, 1.165) is 24.3 Å². The van der Waals surface area contributed by atoms with Crippen LogP contribution in [-0.2, 0) is 16.7 Å². The van der Waals surface area contributed by atoms with E-state index in [1.807, 2.05) is 0 Å². The van der Waals surface area contributed by atoms with Crippen LogP contribution >= 0.6 is 11.6 Å². The number of rotatable bonds is 4. The van der Waals surface area contributed by atoms with Gasteiger partial charge in [0.05, 0.1) is 15.5 Å². The van der Waals surface area contributed by atoms with Gasteiger partial charge in [0, 0.05) is 12.1 Å². The maximum Gasteiger partial charge on any atom is 0.416 e. The number of ether oxygens (including phenoxy) is 1. The Hall–Kier alpha value is -2.99. The molecule has 0 fully saturated rings. The molecule has 0 saturated heterocycles. The van der Waals surface area contributed by atoms with Gasteiger partial charge < -0.3 is 4.74 Å². The molecule has 13 heteroatoms. The molecule has 1 amide bonds. The number of amides is 1. The summed E-state index contributed by atoms with van der Waals surface area (Å²) in [6, 6.07) is 4.97. The largest absolute Gasteiger partial charge is 0.456 e. The minimum Gasteiger partial charge on any atom is -0.456 e. The highest BCUT2D eigenvalue weighted by Crippen LogP contribution is 2.37. The topological polar surface area (TPSA) is 116 Å². The number of benzene rings is 2. The maximum atomic E-state index is 12.6. The molecule has 0 aliphatic heterocycles. The van der Waals surface area contributed by atoms with Crippen molar-refractivity contribution in [2.24, 2.45) is 4.36 Å². The predicted molar refractivity (Wildman–Crippen MR) is 85.3 cm³/mol. The standard InChI is InChI=1S/C14H6ClF3N2O6S/c15-10-5-7(14(16,17)18)1-4-12(10)26-8-2-3-11(20(22)23)9(6-8)13(21)19-27(24)25/h1-6H. The molecule has 0 radical (unpaired) electrons. The molecule has 0 bridgehead atoms. The Kier molecular flexibility index (Phi) is 5.81. The summed E-state index contributed by atoms with van der Waals surface area (Å²) < 4.78 is 66.8. The summed E-state index contributed by atoms with van der Waals surface area (Å²) in [5.41, 5.74) is -2.44. The SMILES string of the molecule is O=C(N=S(=O)=O)c1cc(Oc2ccc(C(F)(F)F)cc2Cl)ccc1[N+](=O)[O-]. The van der Waals surface area contributed by atoms with Gasteiger partial charge in [0.2, 0.25) is 0 Å². The van der Waals surface area contributed by atoms with E-state index in [9.17, 15) is 36.5 Å². The molecular weight excluding hydrogens is 417 g/mol. The minimum atomic E-state index is -4.62. The summed E-state index contributed by atoms with van der Waals surface area (Å²) in [4.78, 5) is 21.8. The Balaban J connectivity index is 2.44. The van der Waals surface area contributed by atoms with Gasteiger partial charge in [-0.05, 0) is 24.3 Å². The van der Waals surface area contributed by atoms with E-state index in [-0.39, 0.29) is 11.5 Å². The highest BCUT2D eigenvalue weighted by atomic mass is 35.5. The fourth-order valence-electron chi connectivity index (χ4n) is 1.91. The van der Waals surface area contributed by atoms with Crippen LogP contribution in [0.5, 0.6) is 11.5 Å². The van der Waals surface area contributed by atoms with Crippen LogP contribution in [0.3, 0.4) is 0 Å². The second-order valence-electron chi connectivity index (χ2n) is 4.79. The van der Waals surface area contributed by atoms with E-state index < -0.39 is 49.3 Å². The van der Waals surface area contributed by atoms with Crippen molar-refractivity contribution < 1.29 is 36.0 Å². The minimum absolute atomic E-state index is 0.211. The Labute approximate surface area is 155 Å². The maximum absolute atomic E-state index is 12.6. The second-order valence-corrected chi connectivity index (χ2v) is 5.82. The number of hydrogen-bond donors (Lipinski definition) is 0. The van der Waals surface area contributed by atoms with Gasteiger partial charge in [-0.2, -0.15) is 21.6 Å². The lowest BCUT2D eigenvalue weighted by atomic mass is 10.1. The first kappa shape index (κ1) is 20.3. The van der Waals surface area contributed by atoms with Gasteiger partial charge in [-0.3, -0.25) is 14.9 Å². The molecule has 8 nitrogen and oxygen atoms in total. The summed E-state index contributed by atoms with van der Waals surface area (Å²) in [6.45, 7) is 0. The van der Waals surface area contributed by atoms with E-state index in [1.165, 1.54) is 0 Å². The summed E-state index contributed by atoms with van der Waals surface area (Å²) >= 11 is 5.74. The first-order valence-corrected chi connectivity index (χ1v) is 8.08. The highest BCUT2D eigenvalue weighted by molar-refractivity contribution is 7.62. The van der Waals surface area contributed by atoms with Gasteiger partial charge >= 0.3 is 16.7 Å². The molecule has 0 aliphatic rings. The molecule has 0 heterocycles. The highest BCUT2D eigenvalue weighted by Gasteiger charge is 2.31. The molecule has 0 aliphatic carbocycles. The lowest BCUT2D eigenvalue weighted by Crippen LogP contribution is -2.04. The predicted octanol–water partition coefficient (Wildman–Crippen LogP) is 4.26. The van der Waals surface area contributed by atoms with Crippen LogP contribution in [0.15, 0.2) is 40.8 Å². The summed E-state index contributed by atoms with van der Waals surface area (Å²) in [5.74, 6) is -1.85. The van der Waals surface area contributed by atoms with Crippen LogP contribution in [0, 0.1) is 10.1 Å². The number of halogens is 4. The molecule has 0 atom stereocenters. The van der Waals surface area contributed by atoms with Gasteiger partial charge in [0.1, 0.15) is 17.1 Å². The monoisotopic (exact) mass is 422 g/mol.